The van der Waals surface area contributed by atoms with E-state index in [1.54, 1.807) is 18.2 Å². The first-order valence-electron chi connectivity index (χ1n) is 8.45. The molecule has 27 heavy (non-hydrogen) atoms. The first-order chi connectivity index (χ1) is 13.0. The Morgan fingerprint density at radius 3 is 2.63 bits per heavy atom. The maximum atomic E-state index is 13.7. The maximum absolute atomic E-state index is 13.7. The van der Waals surface area contributed by atoms with Crippen molar-refractivity contribution in [3.05, 3.63) is 65.7 Å². The van der Waals surface area contributed by atoms with Crippen molar-refractivity contribution in [2.24, 2.45) is 0 Å². The van der Waals surface area contributed by atoms with Crippen LogP contribution in [-0.2, 0) is 15.3 Å². The minimum Gasteiger partial charge on any atom is -0.332 e. The molecule has 3 rings (SSSR count). The lowest BCUT2D eigenvalue weighted by molar-refractivity contribution is -0.124. The molecule has 142 valence electrons. The summed E-state index contributed by atoms with van der Waals surface area (Å²) in [6.45, 7) is 0. The summed E-state index contributed by atoms with van der Waals surface area (Å²) >= 11 is 1.35. The Kier molecular flexibility index (Phi) is 6.41. The first-order valence-corrected chi connectivity index (χ1v) is 9.50. The second kappa shape index (κ2) is 8.96. The molecule has 3 N–H and O–H groups in total. The van der Waals surface area contributed by atoms with Gasteiger partial charge in [-0.05, 0) is 35.9 Å². The van der Waals surface area contributed by atoms with Crippen LogP contribution in [-0.4, -0.2) is 23.4 Å². The van der Waals surface area contributed by atoms with Crippen LogP contribution in [0.3, 0.4) is 0 Å². The number of hydrogen-bond donors (Lipinski definition) is 3. The van der Waals surface area contributed by atoms with Crippen LogP contribution in [0.5, 0.6) is 0 Å². The fraction of sp³-hybridized carbons (Fsp3) is 0.263. The predicted octanol–water partition coefficient (Wildman–Crippen LogP) is 2.99. The third-order valence-corrected chi connectivity index (χ3v) is 5.10. The van der Waals surface area contributed by atoms with Crippen LogP contribution in [0.25, 0.3) is 0 Å². The Morgan fingerprint density at radius 2 is 1.89 bits per heavy atom. The Labute approximate surface area is 159 Å². The molecule has 5 nitrogen and oxygen atoms in total. The lowest BCUT2D eigenvalue weighted by Gasteiger charge is -2.31. The van der Waals surface area contributed by atoms with E-state index in [9.17, 15) is 18.4 Å². The van der Waals surface area contributed by atoms with Gasteiger partial charge in [0, 0.05) is 30.3 Å². The van der Waals surface area contributed by atoms with Gasteiger partial charge in [-0.3, -0.25) is 14.9 Å². The standard InChI is InChI=1S/C19H19F2N3O2S/c20-13-5-7-14(8-6-13)22-17(25)9-15-10-18(26)24-19(23-15)27-11-12-3-1-2-4-16(12)21/h1-8,15,19,23H,9-11H2,(H,22,25)(H,24,26). The lowest BCUT2D eigenvalue weighted by Crippen LogP contribution is -2.55. The summed E-state index contributed by atoms with van der Waals surface area (Å²) in [6.07, 6.45) is 0.273. The van der Waals surface area contributed by atoms with Crippen LogP contribution >= 0.6 is 11.8 Å². The van der Waals surface area contributed by atoms with E-state index in [1.165, 1.54) is 42.1 Å². The highest BCUT2D eigenvalue weighted by Gasteiger charge is 2.27. The Morgan fingerprint density at radius 1 is 1.15 bits per heavy atom. The van der Waals surface area contributed by atoms with Crippen LogP contribution in [0.4, 0.5) is 14.5 Å². The molecule has 1 saturated heterocycles. The molecule has 0 bridgehead atoms. The fourth-order valence-corrected chi connectivity index (χ4v) is 3.81. The zero-order valence-corrected chi connectivity index (χ0v) is 15.2. The minimum absolute atomic E-state index is 0.0988. The van der Waals surface area contributed by atoms with Crippen molar-refractivity contribution in [1.82, 2.24) is 10.6 Å². The molecule has 1 heterocycles. The number of amides is 2. The van der Waals surface area contributed by atoms with Crippen molar-refractivity contribution in [1.29, 1.82) is 0 Å². The summed E-state index contributed by atoms with van der Waals surface area (Å²) in [5, 5.41) is 8.65. The molecular weight excluding hydrogens is 372 g/mol. The average Bonchev–Trinajstić information content (AvgIpc) is 2.62. The summed E-state index contributed by atoms with van der Waals surface area (Å²) in [6, 6.07) is 11.6. The van der Waals surface area contributed by atoms with Gasteiger partial charge in [0.1, 0.15) is 17.1 Å². The van der Waals surface area contributed by atoms with Gasteiger partial charge in [0.15, 0.2) is 0 Å². The van der Waals surface area contributed by atoms with Crippen molar-refractivity contribution in [2.75, 3.05) is 5.32 Å². The molecule has 2 aromatic carbocycles. The Balaban J connectivity index is 1.52. The number of carbonyl (C=O) groups excluding carboxylic acids is 2. The van der Waals surface area contributed by atoms with Gasteiger partial charge in [-0.2, -0.15) is 0 Å². The molecular formula is C19H19F2N3O2S. The molecule has 0 aliphatic carbocycles. The monoisotopic (exact) mass is 391 g/mol. The molecule has 1 fully saturated rings. The number of benzene rings is 2. The van der Waals surface area contributed by atoms with Gasteiger partial charge in [-0.25, -0.2) is 8.78 Å². The summed E-state index contributed by atoms with van der Waals surface area (Å²) in [7, 11) is 0. The largest absolute Gasteiger partial charge is 0.332 e. The van der Waals surface area contributed by atoms with E-state index in [-0.39, 0.29) is 42.3 Å². The van der Waals surface area contributed by atoms with Crippen molar-refractivity contribution < 1.29 is 18.4 Å². The van der Waals surface area contributed by atoms with Crippen LogP contribution in [0.15, 0.2) is 48.5 Å². The number of nitrogens with one attached hydrogen (secondary N) is 3. The molecule has 0 spiro atoms. The second-order valence-electron chi connectivity index (χ2n) is 6.18. The molecule has 0 aromatic heterocycles. The van der Waals surface area contributed by atoms with Gasteiger partial charge < -0.3 is 10.6 Å². The number of thioether (sulfide) groups is 1. The fourth-order valence-electron chi connectivity index (χ4n) is 2.72. The molecule has 2 aromatic rings. The molecule has 8 heteroatoms. The van der Waals surface area contributed by atoms with Crippen molar-refractivity contribution >= 4 is 29.3 Å². The SMILES string of the molecule is O=C(CC1CC(=O)NC(SCc2ccccc2F)N1)Nc1ccc(F)cc1. The summed E-state index contributed by atoms with van der Waals surface area (Å²) in [4.78, 5) is 24.1. The van der Waals surface area contributed by atoms with E-state index in [2.05, 4.69) is 16.0 Å². The highest BCUT2D eigenvalue weighted by molar-refractivity contribution is 7.99. The average molecular weight is 391 g/mol. The van der Waals surface area contributed by atoms with Gasteiger partial charge in [-0.1, -0.05) is 18.2 Å². The molecule has 0 radical (unpaired) electrons. The van der Waals surface area contributed by atoms with Gasteiger partial charge in [0.2, 0.25) is 11.8 Å². The van der Waals surface area contributed by atoms with E-state index in [1.807, 2.05) is 0 Å². The zero-order valence-electron chi connectivity index (χ0n) is 14.4. The number of hydrogen-bond acceptors (Lipinski definition) is 4. The zero-order chi connectivity index (χ0) is 19.2. The van der Waals surface area contributed by atoms with Crippen LogP contribution < -0.4 is 16.0 Å². The summed E-state index contributed by atoms with van der Waals surface area (Å²) in [5.41, 5.74) is 0.636. The van der Waals surface area contributed by atoms with Gasteiger partial charge >= 0.3 is 0 Å². The van der Waals surface area contributed by atoms with Crippen molar-refractivity contribution in [3.63, 3.8) is 0 Å². The maximum Gasteiger partial charge on any atom is 0.225 e. The third-order valence-electron chi connectivity index (χ3n) is 4.03. The van der Waals surface area contributed by atoms with Gasteiger partial charge in [0.25, 0.3) is 0 Å². The minimum atomic E-state index is -0.408. The number of halogens is 2. The van der Waals surface area contributed by atoms with Crippen LogP contribution in [0.2, 0.25) is 0 Å². The van der Waals surface area contributed by atoms with Gasteiger partial charge in [-0.15, -0.1) is 11.8 Å². The Bertz CT molecular complexity index is 817. The number of anilines is 1. The molecule has 1 aliphatic heterocycles. The summed E-state index contributed by atoms with van der Waals surface area (Å²) < 4.78 is 26.6. The molecule has 0 saturated carbocycles. The van der Waals surface area contributed by atoms with Crippen molar-refractivity contribution in [3.8, 4) is 0 Å². The van der Waals surface area contributed by atoms with Crippen molar-refractivity contribution in [2.45, 2.75) is 30.1 Å². The van der Waals surface area contributed by atoms with E-state index in [0.29, 0.717) is 17.0 Å². The molecule has 2 atom stereocenters. The quantitative estimate of drug-likeness (QED) is 0.708. The number of rotatable bonds is 6. The number of carbonyl (C=O) groups is 2. The normalized spacial score (nSPS) is 19.4. The van der Waals surface area contributed by atoms with E-state index < -0.39 is 5.50 Å². The summed E-state index contributed by atoms with van der Waals surface area (Å²) in [5.74, 6) is -0.722. The second-order valence-corrected chi connectivity index (χ2v) is 7.27. The van der Waals surface area contributed by atoms with Gasteiger partial charge in [0.05, 0.1) is 0 Å². The van der Waals surface area contributed by atoms with Crippen LogP contribution in [0, 0.1) is 11.6 Å². The Hall–Kier alpha value is -2.45. The molecule has 1 aliphatic rings. The molecule has 2 unspecified atom stereocenters. The highest BCUT2D eigenvalue weighted by atomic mass is 32.2. The third kappa shape index (κ3) is 5.77. The van der Waals surface area contributed by atoms with E-state index in [0.717, 1.165) is 0 Å². The van der Waals surface area contributed by atoms with E-state index >= 15 is 0 Å². The van der Waals surface area contributed by atoms with Crippen LogP contribution in [0.1, 0.15) is 18.4 Å². The molecule has 2 amide bonds. The lowest BCUT2D eigenvalue weighted by atomic mass is 10.1. The highest BCUT2D eigenvalue weighted by Crippen LogP contribution is 2.21. The topological polar surface area (TPSA) is 70.2 Å². The predicted molar refractivity (Wildman–Crippen MR) is 101 cm³/mol. The first kappa shape index (κ1) is 19.3. The smallest absolute Gasteiger partial charge is 0.225 e. The van der Waals surface area contributed by atoms with E-state index in [4.69, 9.17) is 0 Å².